The number of nitrogens with one attached hydrogen (secondary N) is 1. The van der Waals surface area contributed by atoms with Gasteiger partial charge < -0.3 is 10.2 Å². The molecule has 0 aromatic rings. The molecule has 3 atom stereocenters. The highest BCUT2D eigenvalue weighted by Gasteiger charge is 2.32. The lowest BCUT2D eigenvalue weighted by molar-refractivity contribution is -0.145. The van der Waals surface area contributed by atoms with E-state index in [0.29, 0.717) is 5.75 Å². The van der Waals surface area contributed by atoms with Gasteiger partial charge in [-0.2, -0.15) is 0 Å². The smallest absolute Gasteiger partial charge is 0.245 e. The topological polar surface area (TPSA) is 66.5 Å². The first kappa shape index (κ1) is 12.2. The molecule has 0 aliphatic carbocycles. The fraction of sp³-hybridized carbons (Fsp3) is 0.778. The van der Waals surface area contributed by atoms with Gasteiger partial charge in [0.25, 0.3) is 0 Å². The Hall–Kier alpha value is -0.910. The summed E-state index contributed by atoms with van der Waals surface area (Å²) in [6.45, 7) is 3.54. The van der Waals surface area contributed by atoms with Crippen LogP contribution in [0.1, 0.15) is 13.8 Å². The van der Waals surface area contributed by atoms with Crippen molar-refractivity contribution in [2.45, 2.75) is 25.9 Å². The van der Waals surface area contributed by atoms with Crippen molar-refractivity contribution in [3.05, 3.63) is 0 Å². The Morgan fingerprint density at radius 1 is 1.60 bits per heavy atom. The molecular formula is C9H16N2O3S. The molecule has 1 saturated heterocycles. The zero-order valence-electron chi connectivity index (χ0n) is 9.15. The van der Waals surface area contributed by atoms with Gasteiger partial charge in [-0.15, -0.1) is 0 Å². The monoisotopic (exact) mass is 232 g/mol. The first-order valence-electron chi connectivity index (χ1n) is 4.81. The van der Waals surface area contributed by atoms with Gasteiger partial charge in [0, 0.05) is 28.9 Å². The van der Waals surface area contributed by atoms with Crippen molar-refractivity contribution >= 4 is 22.6 Å². The molecule has 0 aromatic carbocycles. The van der Waals surface area contributed by atoms with Crippen LogP contribution in [-0.2, 0) is 20.4 Å². The minimum atomic E-state index is -0.960. The molecule has 15 heavy (non-hydrogen) atoms. The van der Waals surface area contributed by atoms with Crippen molar-refractivity contribution in [3.63, 3.8) is 0 Å². The van der Waals surface area contributed by atoms with Crippen LogP contribution in [0.2, 0.25) is 0 Å². The van der Waals surface area contributed by atoms with Crippen molar-refractivity contribution in [2.24, 2.45) is 0 Å². The average molecular weight is 232 g/mol. The van der Waals surface area contributed by atoms with Gasteiger partial charge in [-0.3, -0.25) is 13.8 Å². The second-order valence-corrected chi connectivity index (χ2v) is 5.32. The lowest BCUT2D eigenvalue weighted by atomic mass is 10.2. The molecule has 1 rings (SSSR count). The number of amides is 2. The molecule has 1 N–H and O–H groups in total. The second-order valence-electron chi connectivity index (χ2n) is 3.84. The lowest BCUT2D eigenvalue weighted by Crippen LogP contribution is -2.59. The van der Waals surface area contributed by atoms with Crippen molar-refractivity contribution in [3.8, 4) is 0 Å². The van der Waals surface area contributed by atoms with Crippen molar-refractivity contribution < 1.29 is 13.8 Å². The summed E-state index contributed by atoms with van der Waals surface area (Å²) in [6.07, 6.45) is 1.59. The van der Waals surface area contributed by atoms with Gasteiger partial charge >= 0.3 is 0 Å². The van der Waals surface area contributed by atoms with E-state index in [-0.39, 0.29) is 24.4 Å². The Morgan fingerprint density at radius 2 is 2.20 bits per heavy atom. The molecule has 6 heteroatoms. The molecule has 0 bridgehead atoms. The summed E-state index contributed by atoms with van der Waals surface area (Å²) in [5.74, 6) is 0.148. The van der Waals surface area contributed by atoms with E-state index in [9.17, 15) is 13.8 Å². The zero-order valence-corrected chi connectivity index (χ0v) is 9.97. The number of hydrogen-bond acceptors (Lipinski definition) is 3. The molecule has 0 aromatic heterocycles. The molecule has 0 radical (unpaired) electrons. The standard InChI is InChI=1S/C9H16N2O3S/c1-6(5-15(3)14)11-4-8(12)10-7(2)9(11)13/h6-7H,4-5H2,1-3H3,(H,10,12). The van der Waals surface area contributed by atoms with E-state index in [1.807, 2.05) is 6.92 Å². The van der Waals surface area contributed by atoms with Crippen LogP contribution in [0.15, 0.2) is 0 Å². The molecule has 1 fully saturated rings. The van der Waals surface area contributed by atoms with Crippen LogP contribution in [0.25, 0.3) is 0 Å². The number of carbonyl (C=O) groups excluding carboxylic acids is 2. The van der Waals surface area contributed by atoms with Gasteiger partial charge in [-0.1, -0.05) is 0 Å². The summed E-state index contributed by atoms with van der Waals surface area (Å²) in [5.41, 5.74) is 0. The maximum atomic E-state index is 11.7. The quantitative estimate of drug-likeness (QED) is 0.686. The molecule has 0 saturated carbocycles. The van der Waals surface area contributed by atoms with E-state index in [4.69, 9.17) is 0 Å². The Balaban J connectivity index is 2.70. The number of carbonyl (C=O) groups is 2. The molecule has 1 aliphatic heterocycles. The number of nitrogens with zero attached hydrogens (tertiary/aromatic N) is 1. The predicted molar refractivity (Wildman–Crippen MR) is 57.7 cm³/mol. The highest BCUT2D eigenvalue weighted by atomic mass is 32.2. The second kappa shape index (κ2) is 4.74. The number of rotatable bonds is 3. The third-order valence-corrected chi connectivity index (χ3v) is 3.30. The maximum absolute atomic E-state index is 11.7. The van der Waals surface area contributed by atoms with Crippen LogP contribution in [-0.4, -0.2) is 51.6 Å². The first-order chi connectivity index (χ1) is 6.91. The van der Waals surface area contributed by atoms with Gasteiger partial charge in [0.15, 0.2) is 0 Å². The number of hydrogen-bond donors (Lipinski definition) is 1. The Bertz CT molecular complexity index is 306. The highest BCUT2D eigenvalue weighted by Crippen LogP contribution is 2.08. The minimum absolute atomic E-state index is 0.0710. The first-order valence-corrected chi connectivity index (χ1v) is 6.54. The normalized spacial score (nSPS) is 26.1. The van der Waals surface area contributed by atoms with E-state index in [0.717, 1.165) is 0 Å². The van der Waals surface area contributed by atoms with E-state index in [1.54, 1.807) is 13.2 Å². The fourth-order valence-corrected chi connectivity index (χ4v) is 2.49. The van der Waals surface area contributed by atoms with Crippen molar-refractivity contribution in [2.75, 3.05) is 18.6 Å². The SMILES string of the molecule is CC1NC(=O)CN(C(C)CS(C)=O)C1=O. The summed E-state index contributed by atoms with van der Waals surface area (Å²) in [7, 11) is -0.960. The highest BCUT2D eigenvalue weighted by molar-refractivity contribution is 7.84. The predicted octanol–water partition coefficient (Wildman–Crippen LogP) is -0.900. The Kier molecular flexibility index (Phi) is 3.84. The molecule has 0 spiro atoms. The average Bonchev–Trinajstić information content (AvgIpc) is 2.09. The fourth-order valence-electron chi connectivity index (χ4n) is 1.63. The summed E-state index contributed by atoms with van der Waals surface area (Å²) in [4.78, 5) is 24.4. The third-order valence-electron chi connectivity index (χ3n) is 2.35. The van der Waals surface area contributed by atoms with E-state index in [2.05, 4.69) is 5.32 Å². The molecular weight excluding hydrogens is 216 g/mol. The van der Waals surface area contributed by atoms with Crippen LogP contribution in [0.4, 0.5) is 0 Å². The van der Waals surface area contributed by atoms with Crippen LogP contribution >= 0.6 is 0 Å². The summed E-state index contributed by atoms with van der Waals surface area (Å²) in [6, 6.07) is -0.629. The van der Waals surface area contributed by atoms with Gasteiger partial charge in [0.2, 0.25) is 11.8 Å². The van der Waals surface area contributed by atoms with E-state index in [1.165, 1.54) is 4.90 Å². The maximum Gasteiger partial charge on any atom is 0.245 e. The molecule has 1 aliphatic rings. The van der Waals surface area contributed by atoms with Crippen LogP contribution in [0.3, 0.4) is 0 Å². The third kappa shape index (κ3) is 3.02. The Morgan fingerprint density at radius 3 is 2.73 bits per heavy atom. The van der Waals surface area contributed by atoms with Gasteiger partial charge in [0.05, 0.1) is 6.54 Å². The summed E-state index contributed by atoms with van der Waals surface area (Å²) >= 11 is 0. The number of piperazine rings is 1. The van der Waals surface area contributed by atoms with E-state index < -0.39 is 16.8 Å². The van der Waals surface area contributed by atoms with Crippen LogP contribution in [0.5, 0.6) is 0 Å². The van der Waals surface area contributed by atoms with Gasteiger partial charge in [-0.25, -0.2) is 0 Å². The summed E-state index contributed by atoms with van der Waals surface area (Å²) < 4.78 is 11.0. The lowest BCUT2D eigenvalue weighted by Gasteiger charge is -2.34. The molecule has 2 amide bonds. The molecule has 5 nitrogen and oxygen atoms in total. The zero-order chi connectivity index (χ0) is 11.6. The molecule has 3 unspecified atom stereocenters. The van der Waals surface area contributed by atoms with Gasteiger partial charge in [-0.05, 0) is 13.8 Å². The van der Waals surface area contributed by atoms with Crippen LogP contribution < -0.4 is 5.32 Å². The van der Waals surface area contributed by atoms with Crippen LogP contribution in [0, 0.1) is 0 Å². The summed E-state index contributed by atoms with van der Waals surface area (Å²) in [5, 5.41) is 2.56. The minimum Gasteiger partial charge on any atom is -0.343 e. The molecule has 1 heterocycles. The van der Waals surface area contributed by atoms with Gasteiger partial charge in [0.1, 0.15) is 6.04 Å². The van der Waals surface area contributed by atoms with Crippen molar-refractivity contribution in [1.29, 1.82) is 0 Å². The molecule has 86 valence electrons. The Labute approximate surface area is 91.7 Å². The van der Waals surface area contributed by atoms with Crippen molar-refractivity contribution in [1.82, 2.24) is 10.2 Å². The van der Waals surface area contributed by atoms with E-state index >= 15 is 0 Å². The largest absolute Gasteiger partial charge is 0.343 e.